The van der Waals surface area contributed by atoms with Crippen molar-refractivity contribution < 1.29 is 24.3 Å². The number of rotatable bonds is 4. The van der Waals surface area contributed by atoms with E-state index in [1.54, 1.807) is 0 Å². The molecule has 1 aliphatic heterocycles. The Morgan fingerprint density at radius 2 is 2.11 bits per heavy atom. The summed E-state index contributed by atoms with van der Waals surface area (Å²) in [5, 5.41) is 11.7. The maximum Gasteiger partial charge on any atom is 0.307 e. The predicted octanol–water partition coefficient (Wildman–Crippen LogP) is -0.330. The molecule has 0 aromatic heterocycles. The number of nitrogens with one attached hydrogen (secondary N) is 2. The molecule has 3 unspecified atom stereocenters. The topological polar surface area (TPSA) is 105 Å². The molecule has 0 radical (unpaired) electrons. The molecule has 19 heavy (non-hydrogen) atoms. The first-order valence-corrected chi connectivity index (χ1v) is 6.47. The van der Waals surface area contributed by atoms with Crippen LogP contribution in [0.3, 0.4) is 0 Å². The Bertz CT molecular complexity index is 398. The summed E-state index contributed by atoms with van der Waals surface area (Å²) >= 11 is 0. The molecule has 2 rings (SSSR count). The van der Waals surface area contributed by atoms with Gasteiger partial charge in [0.1, 0.15) is 12.6 Å². The number of hydrogen-bond acceptors (Lipinski definition) is 4. The second-order valence-corrected chi connectivity index (χ2v) is 5.14. The summed E-state index contributed by atoms with van der Waals surface area (Å²) in [6.07, 6.45) is 1.95. The van der Waals surface area contributed by atoms with Crippen LogP contribution in [-0.2, 0) is 19.2 Å². The van der Waals surface area contributed by atoms with Crippen LogP contribution in [0.4, 0.5) is 0 Å². The van der Waals surface area contributed by atoms with Crippen molar-refractivity contribution in [2.24, 2.45) is 17.8 Å². The van der Waals surface area contributed by atoms with Gasteiger partial charge in [0.05, 0.1) is 11.8 Å². The highest BCUT2D eigenvalue weighted by atomic mass is 16.7. The summed E-state index contributed by atoms with van der Waals surface area (Å²) in [6.45, 7) is 2.06. The zero-order chi connectivity index (χ0) is 14.0. The molecule has 7 nitrogen and oxygen atoms in total. The third-order valence-electron chi connectivity index (χ3n) is 3.95. The maximum atomic E-state index is 12.1. The third-order valence-corrected chi connectivity index (χ3v) is 3.95. The molecule has 0 spiro atoms. The molecular weight excluding hydrogens is 252 g/mol. The fourth-order valence-corrected chi connectivity index (χ4v) is 2.77. The van der Waals surface area contributed by atoms with Crippen molar-refractivity contribution in [1.29, 1.82) is 0 Å². The molecule has 0 aromatic carbocycles. The van der Waals surface area contributed by atoms with Crippen LogP contribution in [0.25, 0.3) is 0 Å². The van der Waals surface area contributed by atoms with Gasteiger partial charge in [-0.25, -0.2) is 5.48 Å². The van der Waals surface area contributed by atoms with E-state index >= 15 is 0 Å². The second-order valence-electron chi connectivity index (χ2n) is 5.14. The van der Waals surface area contributed by atoms with Crippen molar-refractivity contribution in [2.75, 3.05) is 6.61 Å². The van der Waals surface area contributed by atoms with E-state index in [1.165, 1.54) is 0 Å². The lowest BCUT2D eigenvalue weighted by atomic mass is 9.95. The molecule has 1 aliphatic carbocycles. The van der Waals surface area contributed by atoms with Crippen LogP contribution in [-0.4, -0.2) is 35.5 Å². The highest BCUT2D eigenvalue weighted by Gasteiger charge is 2.43. The van der Waals surface area contributed by atoms with E-state index in [1.807, 2.05) is 6.92 Å². The van der Waals surface area contributed by atoms with E-state index in [-0.39, 0.29) is 18.4 Å². The van der Waals surface area contributed by atoms with Crippen LogP contribution in [0.2, 0.25) is 0 Å². The molecular formula is C12H18N2O5. The van der Waals surface area contributed by atoms with Gasteiger partial charge in [-0.05, 0) is 18.8 Å². The van der Waals surface area contributed by atoms with Gasteiger partial charge in [-0.1, -0.05) is 13.3 Å². The number of carboxylic acids is 1. The largest absolute Gasteiger partial charge is 0.481 e. The molecule has 7 heteroatoms. The number of carboxylic acid groups (broad SMARTS) is 1. The minimum absolute atomic E-state index is 0.0756. The smallest absolute Gasteiger partial charge is 0.307 e. The summed E-state index contributed by atoms with van der Waals surface area (Å²) in [4.78, 5) is 39.3. The van der Waals surface area contributed by atoms with Crippen molar-refractivity contribution in [2.45, 2.75) is 32.2 Å². The maximum absolute atomic E-state index is 12.1. The number of carbonyl (C=O) groups is 3. The van der Waals surface area contributed by atoms with E-state index in [0.29, 0.717) is 12.8 Å². The van der Waals surface area contributed by atoms with Crippen LogP contribution in [0, 0.1) is 17.8 Å². The average Bonchev–Trinajstić information content (AvgIpc) is 2.96. The van der Waals surface area contributed by atoms with Crippen molar-refractivity contribution in [3.63, 3.8) is 0 Å². The molecule has 0 bridgehead atoms. The number of amides is 2. The molecule has 1 heterocycles. The minimum atomic E-state index is -0.941. The van der Waals surface area contributed by atoms with Gasteiger partial charge in [-0.3, -0.25) is 19.2 Å². The molecule has 0 aromatic rings. The predicted molar refractivity (Wildman–Crippen MR) is 63.7 cm³/mol. The highest BCUT2D eigenvalue weighted by molar-refractivity contribution is 5.91. The van der Waals surface area contributed by atoms with Crippen LogP contribution >= 0.6 is 0 Å². The minimum Gasteiger partial charge on any atom is -0.481 e. The van der Waals surface area contributed by atoms with Gasteiger partial charge in [0.15, 0.2) is 0 Å². The zero-order valence-corrected chi connectivity index (χ0v) is 10.7. The fourth-order valence-electron chi connectivity index (χ4n) is 2.77. The van der Waals surface area contributed by atoms with Crippen molar-refractivity contribution >= 4 is 17.8 Å². The zero-order valence-electron chi connectivity index (χ0n) is 10.7. The summed E-state index contributed by atoms with van der Waals surface area (Å²) in [7, 11) is 0. The average molecular weight is 270 g/mol. The van der Waals surface area contributed by atoms with Crippen LogP contribution in [0.5, 0.6) is 0 Å². The number of hydroxylamine groups is 1. The molecule has 2 amide bonds. The van der Waals surface area contributed by atoms with Crippen LogP contribution < -0.4 is 10.8 Å². The highest BCUT2D eigenvalue weighted by Crippen LogP contribution is 2.38. The van der Waals surface area contributed by atoms with E-state index in [9.17, 15) is 19.5 Å². The Balaban J connectivity index is 2.00. The fraction of sp³-hybridized carbons (Fsp3) is 0.750. The summed E-state index contributed by atoms with van der Waals surface area (Å²) in [5.74, 6) is -2.67. The van der Waals surface area contributed by atoms with Crippen molar-refractivity contribution in [3.05, 3.63) is 0 Å². The second kappa shape index (κ2) is 5.56. The normalized spacial score (nSPS) is 34.1. The van der Waals surface area contributed by atoms with E-state index in [2.05, 4.69) is 10.8 Å². The first kappa shape index (κ1) is 13.8. The first-order valence-electron chi connectivity index (χ1n) is 6.47. The van der Waals surface area contributed by atoms with Gasteiger partial charge in [0.2, 0.25) is 5.91 Å². The molecule has 2 fully saturated rings. The third kappa shape index (κ3) is 2.86. The van der Waals surface area contributed by atoms with E-state index < -0.39 is 29.8 Å². The Morgan fingerprint density at radius 1 is 1.42 bits per heavy atom. The SMILES string of the molecule is CCC1CC(C(=O)O)C(C(=O)N[C@@H]2CONC2=O)C1. The summed E-state index contributed by atoms with van der Waals surface area (Å²) in [5.41, 5.74) is 2.15. The van der Waals surface area contributed by atoms with Crippen LogP contribution in [0.15, 0.2) is 0 Å². The van der Waals surface area contributed by atoms with E-state index in [0.717, 1.165) is 6.42 Å². The van der Waals surface area contributed by atoms with Gasteiger partial charge >= 0.3 is 5.97 Å². The standard InChI is InChI=1S/C12H18N2O5/c1-2-6-3-7(8(4-6)12(17)18)10(15)13-9-5-19-14-11(9)16/h6-9H,2-5H2,1H3,(H,13,15)(H,14,16)(H,17,18)/t6?,7?,8?,9-/m1/s1. The van der Waals surface area contributed by atoms with Gasteiger partial charge in [-0.2, -0.15) is 0 Å². The van der Waals surface area contributed by atoms with E-state index in [4.69, 9.17) is 4.84 Å². The number of carbonyl (C=O) groups excluding carboxylic acids is 2. The summed E-state index contributed by atoms with van der Waals surface area (Å²) in [6, 6.07) is -0.720. The van der Waals surface area contributed by atoms with Crippen molar-refractivity contribution in [1.82, 2.24) is 10.8 Å². The first-order chi connectivity index (χ1) is 9.02. The Kier molecular flexibility index (Phi) is 4.04. The van der Waals surface area contributed by atoms with Gasteiger partial charge in [-0.15, -0.1) is 0 Å². The lowest BCUT2D eigenvalue weighted by Gasteiger charge is -2.17. The Hall–Kier alpha value is -1.63. The molecule has 1 saturated heterocycles. The Labute approximate surface area is 110 Å². The monoisotopic (exact) mass is 270 g/mol. The van der Waals surface area contributed by atoms with Crippen LogP contribution in [0.1, 0.15) is 26.2 Å². The Morgan fingerprint density at radius 3 is 2.63 bits per heavy atom. The number of hydrogen-bond donors (Lipinski definition) is 3. The molecule has 2 aliphatic rings. The lowest BCUT2D eigenvalue weighted by Crippen LogP contribution is -2.45. The molecule has 3 N–H and O–H groups in total. The lowest BCUT2D eigenvalue weighted by molar-refractivity contribution is -0.146. The molecule has 4 atom stereocenters. The molecule has 106 valence electrons. The number of aliphatic carboxylic acids is 1. The van der Waals surface area contributed by atoms with Gasteiger partial charge in [0, 0.05) is 0 Å². The molecule has 1 saturated carbocycles. The summed E-state index contributed by atoms with van der Waals surface area (Å²) < 4.78 is 0. The van der Waals surface area contributed by atoms with Crippen molar-refractivity contribution in [3.8, 4) is 0 Å². The quantitative estimate of drug-likeness (QED) is 0.648. The van der Waals surface area contributed by atoms with Gasteiger partial charge in [0.25, 0.3) is 5.91 Å². The van der Waals surface area contributed by atoms with Gasteiger partial charge < -0.3 is 10.4 Å².